The molecule has 1 aromatic carbocycles. The zero-order chi connectivity index (χ0) is 13.8. The Kier molecular flexibility index (Phi) is 3.39. The topological polar surface area (TPSA) is 90.1 Å². The van der Waals surface area contributed by atoms with E-state index in [0.717, 1.165) is 5.69 Å². The van der Waals surface area contributed by atoms with Gasteiger partial charge in [-0.25, -0.2) is 14.8 Å². The molecular formula is C13H10N4O2. The Morgan fingerprint density at radius 2 is 1.95 bits per heavy atom. The van der Waals surface area contributed by atoms with Crippen LogP contribution < -0.4 is 4.90 Å². The fourth-order valence-corrected chi connectivity index (χ4v) is 1.51. The van der Waals surface area contributed by atoms with Gasteiger partial charge in [0, 0.05) is 12.7 Å². The maximum Gasteiger partial charge on any atom is 0.335 e. The largest absolute Gasteiger partial charge is 0.478 e. The zero-order valence-corrected chi connectivity index (χ0v) is 10.1. The van der Waals surface area contributed by atoms with E-state index in [1.807, 2.05) is 6.07 Å². The van der Waals surface area contributed by atoms with E-state index in [1.54, 1.807) is 24.1 Å². The van der Waals surface area contributed by atoms with Crippen LogP contribution in [0.3, 0.4) is 0 Å². The van der Waals surface area contributed by atoms with E-state index in [1.165, 1.54) is 24.5 Å². The van der Waals surface area contributed by atoms with E-state index in [0.29, 0.717) is 5.82 Å². The molecule has 0 saturated carbocycles. The first-order valence-electron chi connectivity index (χ1n) is 5.41. The third kappa shape index (κ3) is 2.66. The van der Waals surface area contributed by atoms with Gasteiger partial charge < -0.3 is 10.0 Å². The number of benzene rings is 1. The van der Waals surface area contributed by atoms with Crippen LogP contribution >= 0.6 is 0 Å². The number of carboxylic acid groups (broad SMARTS) is 1. The van der Waals surface area contributed by atoms with Crippen molar-refractivity contribution in [2.75, 3.05) is 11.9 Å². The summed E-state index contributed by atoms with van der Waals surface area (Å²) in [7, 11) is 1.78. The van der Waals surface area contributed by atoms with E-state index < -0.39 is 5.97 Å². The van der Waals surface area contributed by atoms with Gasteiger partial charge in [0.25, 0.3) is 0 Å². The average Bonchev–Trinajstić information content (AvgIpc) is 2.46. The minimum atomic E-state index is -0.965. The Morgan fingerprint density at radius 1 is 1.26 bits per heavy atom. The average molecular weight is 254 g/mol. The van der Waals surface area contributed by atoms with Crippen LogP contribution in [0, 0.1) is 11.3 Å². The van der Waals surface area contributed by atoms with Crippen LogP contribution in [0.15, 0.2) is 36.7 Å². The van der Waals surface area contributed by atoms with Gasteiger partial charge in [0.05, 0.1) is 18.0 Å². The second kappa shape index (κ2) is 5.14. The number of carboxylic acids is 1. The van der Waals surface area contributed by atoms with Crippen molar-refractivity contribution in [1.29, 1.82) is 5.26 Å². The Hall–Kier alpha value is -2.94. The van der Waals surface area contributed by atoms with Gasteiger partial charge in [-0.1, -0.05) is 0 Å². The van der Waals surface area contributed by atoms with Crippen molar-refractivity contribution in [2.24, 2.45) is 0 Å². The standard InChI is InChI=1S/C13H10N4O2/c1-17(12-8-15-10(6-14)7-16-12)11-4-2-9(3-5-11)13(18)19/h2-5,7-8H,1H3,(H,18,19). The molecule has 6 nitrogen and oxygen atoms in total. The number of rotatable bonds is 3. The van der Waals surface area contributed by atoms with Gasteiger partial charge in [-0.3, -0.25) is 0 Å². The summed E-state index contributed by atoms with van der Waals surface area (Å²) in [4.78, 5) is 20.5. The highest BCUT2D eigenvalue weighted by Crippen LogP contribution is 2.21. The Balaban J connectivity index is 2.25. The van der Waals surface area contributed by atoms with Gasteiger partial charge in [-0.15, -0.1) is 0 Å². The number of hydrogen-bond acceptors (Lipinski definition) is 5. The van der Waals surface area contributed by atoms with Crippen molar-refractivity contribution < 1.29 is 9.90 Å². The summed E-state index contributed by atoms with van der Waals surface area (Å²) in [5.41, 5.74) is 1.26. The molecule has 0 spiro atoms. The number of aromatic carboxylic acids is 1. The van der Waals surface area contributed by atoms with Crippen molar-refractivity contribution in [1.82, 2.24) is 9.97 Å². The van der Waals surface area contributed by atoms with E-state index in [-0.39, 0.29) is 11.3 Å². The summed E-state index contributed by atoms with van der Waals surface area (Å²) >= 11 is 0. The van der Waals surface area contributed by atoms with Gasteiger partial charge in [-0.05, 0) is 24.3 Å². The molecule has 1 heterocycles. The smallest absolute Gasteiger partial charge is 0.335 e. The normalized spacial score (nSPS) is 9.68. The van der Waals surface area contributed by atoms with Crippen molar-refractivity contribution in [3.05, 3.63) is 47.9 Å². The summed E-state index contributed by atoms with van der Waals surface area (Å²) in [6.07, 6.45) is 2.88. The number of anilines is 2. The van der Waals surface area contributed by atoms with Gasteiger partial charge >= 0.3 is 5.97 Å². The lowest BCUT2D eigenvalue weighted by atomic mass is 10.2. The van der Waals surface area contributed by atoms with Crippen LogP contribution in [0.1, 0.15) is 16.1 Å². The van der Waals surface area contributed by atoms with Crippen LogP contribution in [0.5, 0.6) is 0 Å². The SMILES string of the molecule is CN(c1ccc(C(=O)O)cc1)c1cnc(C#N)cn1. The number of nitriles is 1. The van der Waals surface area contributed by atoms with Crippen LogP contribution in [-0.2, 0) is 0 Å². The summed E-state index contributed by atoms with van der Waals surface area (Å²) < 4.78 is 0. The molecule has 1 aromatic heterocycles. The van der Waals surface area contributed by atoms with Crippen LogP contribution in [0.25, 0.3) is 0 Å². The second-order valence-electron chi connectivity index (χ2n) is 3.78. The lowest BCUT2D eigenvalue weighted by molar-refractivity contribution is 0.0697. The number of carbonyl (C=O) groups is 1. The highest BCUT2D eigenvalue weighted by molar-refractivity contribution is 5.88. The molecule has 0 aliphatic heterocycles. The van der Waals surface area contributed by atoms with Crippen molar-refractivity contribution in [3.63, 3.8) is 0 Å². The summed E-state index contributed by atoms with van der Waals surface area (Å²) in [5, 5.41) is 17.5. The maximum absolute atomic E-state index is 10.8. The molecular weight excluding hydrogens is 244 g/mol. The molecule has 0 fully saturated rings. The van der Waals surface area contributed by atoms with Crippen molar-refractivity contribution in [2.45, 2.75) is 0 Å². The molecule has 19 heavy (non-hydrogen) atoms. The van der Waals surface area contributed by atoms with Crippen molar-refractivity contribution in [3.8, 4) is 6.07 Å². The number of hydrogen-bond donors (Lipinski definition) is 1. The van der Waals surface area contributed by atoms with Gasteiger partial charge in [0.2, 0.25) is 0 Å². The predicted octanol–water partition coefficient (Wildman–Crippen LogP) is 1.81. The lowest BCUT2D eigenvalue weighted by Crippen LogP contribution is -2.12. The Labute approximate surface area is 109 Å². The third-order valence-electron chi connectivity index (χ3n) is 2.60. The monoisotopic (exact) mass is 254 g/mol. The Morgan fingerprint density at radius 3 is 2.42 bits per heavy atom. The first kappa shape index (κ1) is 12.5. The minimum absolute atomic E-state index is 0.225. The molecule has 2 aromatic rings. The molecule has 0 aliphatic rings. The highest BCUT2D eigenvalue weighted by atomic mass is 16.4. The van der Waals surface area contributed by atoms with Crippen LogP contribution in [0.4, 0.5) is 11.5 Å². The predicted molar refractivity (Wildman–Crippen MR) is 68.2 cm³/mol. The molecule has 6 heteroatoms. The molecule has 0 aliphatic carbocycles. The van der Waals surface area contributed by atoms with E-state index in [9.17, 15) is 4.79 Å². The van der Waals surface area contributed by atoms with Gasteiger partial charge in [0.15, 0.2) is 11.5 Å². The number of nitrogens with zero attached hydrogens (tertiary/aromatic N) is 4. The maximum atomic E-state index is 10.8. The van der Waals surface area contributed by atoms with E-state index in [4.69, 9.17) is 10.4 Å². The molecule has 0 saturated heterocycles. The fourth-order valence-electron chi connectivity index (χ4n) is 1.51. The van der Waals surface area contributed by atoms with Crippen molar-refractivity contribution >= 4 is 17.5 Å². The molecule has 2 rings (SSSR count). The molecule has 0 bridgehead atoms. The summed E-state index contributed by atoms with van der Waals surface area (Å²) in [6, 6.07) is 8.30. The first-order chi connectivity index (χ1) is 9.11. The van der Waals surface area contributed by atoms with Gasteiger partial charge in [0.1, 0.15) is 6.07 Å². The quantitative estimate of drug-likeness (QED) is 0.898. The summed E-state index contributed by atoms with van der Waals surface area (Å²) in [5.74, 6) is -0.394. The van der Waals surface area contributed by atoms with Crippen LogP contribution in [-0.4, -0.2) is 28.1 Å². The lowest BCUT2D eigenvalue weighted by Gasteiger charge is -2.17. The van der Waals surface area contributed by atoms with Gasteiger partial charge in [-0.2, -0.15) is 5.26 Å². The molecule has 94 valence electrons. The van der Waals surface area contributed by atoms with E-state index in [2.05, 4.69) is 9.97 Å². The minimum Gasteiger partial charge on any atom is -0.478 e. The molecule has 0 radical (unpaired) electrons. The highest BCUT2D eigenvalue weighted by Gasteiger charge is 2.08. The number of aromatic nitrogens is 2. The molecule has 1 N–H and O–H groups in total. The Bertz CT molecular complexity index is 629. The molecule has 0 amide bonds. The molecule has 0 atom stereocenters. The molecule has 0 unspecified atom stereocenters. The summed E-state index contributed by atoms with van der Waals surface area (Å²) in [6.45, 7) is 0. The van der Waals surface area contributed by atoms with Crippen LogP contribution in [0.2, 0.25) is 0 Å². The fraction of sp³-hybridized carbons (Fsp3) is 0.0769. The first-order valence-corrected chi connectivity index (χ1v) is 5.41. The third-order valence-corrected chi connectivity index (χ3v) is 2.60. The zero-order valence-electron chi connectivity index (χ0n) is 10.1. The van der Waals surface area contributed by atoms with E-state index >= 15 is 0 Å². The second-order valence-corrected chi connectivity index (χ2v) is 3.78.